The van der Waals surface area contributed by atoms with E-state index >= 15 is 0 Å². The second-order valence-electron chi connectivity index (χ2n) is 4.72. The molecule has 0 amide bonds. The van der Waals surface area contributed by atoms with Gasteiger partial charge in [-0.1, -0.05) is 24.4 Å². The van der Waals surface area contributed by atoms with Crippen LogP contribution in [0.1, 0.15) is 49.3 Å². The number of aromatic nitrogens is 1. The van der Waals surface area contributed by atoms with Crippen LogP contribution in [0.3, 0.4) is 0 Å². The first-order valence-electron chi connectivity index (χ1n) is 6.55. The van der Waals surface area contributed by atoms with Gasteiger partial charge in [-0.05, 0) is 12.8 Å². The molecule has 2 rings (SSSR count). The van der Waals surface area contributed by atoms with E-state index in [1.54, 1.807) is 7.11 Å². The molecule has 0 unspecified atom stereocenters. The number of ether oxygens (including phenoxy) is 1. The molecule has 1 fully saturated rings. The zero-order valence-corrected chi connectivity index (χ0v) is 10.6. The maximum Gasteiger partial charge on any atom is 0.144 e. The molecule has 0 aliphatic heterocycles. The maximum atomic E-state index is 5.44. The van der Waals surface area contributed by atoms with Crippen molar-refractivity contribution in [1.29, 1.82) is 0 Å². The first-order chi connectivity index (χ1) is 8.42. The van der Waals surface area contributed by atoms with Gasteiger partial charge in [-0.2, -0.15) is 0 Å². The summed E-state index contributed by atoms with van der Waals surface area (Å²) < 4.78 is 10.4. The summed E-state index contributed by atoms with van der Waals surface area (Å²) in [6.07, 6.45) is 8.36. The molecule has 4 nitrogen and oxygen atoms in total. The van der Waals surface area contributed by atoms with E-state index in [9.17, 15) is 0 Å². The van der Waals surface area contributed by atoms with Crippen molar-refractivity contribution in [2.45, 2.75) is 44.6 Å². The number of nitrogens with one attached hydrogen (secondary N) is 1. The molecule has 1 aliphatic carbocycles. The summed E-state index contributed by atoms with van der Waals surface area (Å²) in [7, 11) is 1.72. The van der Waals surface area contributed by atoms with E-state index in [1.807, 2.05) is 6.20 Å². The Labute approximate surface area is 103 Å². The van der Waals surface area contributed by atoms with Crippen molar-refractivity contribution in [2.24, 2.45) is 0 Å². The quantitative estimate of drug-likeness (QED) is 0.773. The van der Waals surface area contributed by atoms with Gasteiger partial charge >= 0.3 is 0 Å². The van der Waals surface area contributed by atoms with E-state index in [0.717, 1.165) is 25.5 Å². The molecule has 1 aromatic rings. The third kappa shape index (κ3) is 3.54. The molecule has 1 N–H and O–H groups in total. The van der Waals surface area contributed by atoms with Crippen LogP contribution >= 0.6 is 0 Å². The summed E-state index contributed by atoms with van der Waals surface area (Å²) in [5.41, 5.74) is 1.22. The van der Waals surface area contributed by atoms with Crippen LogP contribution in [0.25, 0.3) is 0 Å². The summed E-state index contributed by atoms with van der Waals surface area (Å²) in [5, 5.41) is 7.29. The van der Waals surface area contributed by atoms with Gasteiger partial charge in [0.15, 0.2) is 0 Å². The van der Waals surface area contributed by atoms with Crippen LogP contribution < -0.4 is 5.32 Å². The van der Waals surface area contributed by atoms with Gasteiger partial charge in [0.25, 0.3) is 0 Å². The van der Waals surface area contributed by atoms with E-state index in [2.05, 4.69) is 10.5 Å². The minimum absolute atomic E-state index is 0.588. The summed E-state index contributed by atoms with van der Waals surface area (Å²) in [5.74, 6) is 1.69. The first-order valence-corrected chi connectivity index (χ1v) is 6.55. The fraction of sp³-hybridized carbons (Fsp3) is 0.769. The second kappa shape index (κ2) is 6.77. The van der Waals surface area contributed by atoms with E-state index in [1.165, 1.54) is 37.7 Å². The molecule has 4 heteroatoms. The Morgan fingerprint density at radius 2 is 2.24 bits per heavy atom. The fourth-order valence-electron chi connectivity index (χ4n) is 2.50. The fourth-order valence-corrected chi connectivity index (χ4v) is 2.50. The van der Waals surface area contributed by atoms with Crippen LogP contribution in [0.5, 0.6) is 0 Å². The highest BCUT2D eigenvalue weighted by Crippen LogP contribution is 2.34. The average molecular weight is 238 g/mol. The molecule has 1 aliphatic rings. The van der Waals surface area contributed by atoms with Gasteiger partial charge in [-0.3, -0.25) is 0 Å². The molecule has 1 aromatic heterocycles. The monoisotopic (exact) mass is 238 g/mol. The number of rotatable bonds is 6. The Kier molecular flexibility index (Phi) is 5.01. The summed E-state index contributed by atoms with van der Waals surface area (Å²) in [6.45, 7) is 2.44. The topological polar surface area (TPSA) is 47.3 Å². The molecule has 96 valence electrons. The van der Waals surface area contributed by atoms with Crippen molar-refractivity contribution in [3.05, 3.63) is 17.5 Å². The lowest BCUT2D eigenvalue weighted by molar-refractivity contribution is 0.199. The van der Waals surface area contributed by atoms with Crippen LogP contribution in [-0.4, -0.2) is 25.4 Å². The van der Waals surface area contributed by atoms with E-state index in [-0.39, 0.29) is 0 Å². The van der Waals surface area contributed by atoms with Crippen molar-refractivity contribution in [1.82, 2.24) is 10.5 Å². The van der Waals surface area contributed by atoms with Crippen molar-refractivity contribution in [2.75, 3.05) is 20.3 Å². The van der Waals surface area contributed by atoms with Gasteiger partial charge in [-0.25, -0.2) is 0 Å². The highest BCUT2D eigenvalue weighted by molar-refractivity contribution is 5.18. The minimum atomic E-state index is 0.588. The van der Waals surface area contributed by atoms with Crippen molar-refractivity contribution >= 4 is 0 Å². The molecular weight excluding hydrogens is 216 g/mol. The molecule has 17 heavy (non-hydrogen) atoms. The Morgan fingerprint density at radius 1 is 1.41 bits per heavy atom. The van der Waals surface area contributed by atoms with Gasteiger partial charge in [0.1, 0.15) is 5.76 Å². The maximum absolute atomic E-state index is 5.44. The van der Waals surface area contributed by atoms with E-state index in [0.29, 0.717) is 5.92 Å². The van der Waals surface area contributed by atoms with Crippen LogP contribution in [0.2, 0.25) is 0 Å². The Morgan fingerprint density at radius 3 is 3.00 bits per heavy atom. The van der Waals surface area contributed by atoms with Gasteiger partial charge in [0, 0.05) is 31.7 Å². The lowest BCUT2D eigenvalue weighted by atomic mass is 9.86. The molecule has 0 radical (unpaired) electrons. The predicted octanol–water partition coefficient (Wildman–Crippen LogP) is 2.46. The molecule has 0 atom stereocenters. The summed E-state index contributed by atoms with van der Waals surface area (Å²) in [6, 6.07) is 0. The van der Waals surface area contributed by atoms with Crippen LogP contribution in [0.15, 0.2) is 10.7 Å². The van der Waals surface area contributed by atoms with Crippen molar-refractivity contribution in [3.63, 3.8) is 0 Å². The third-order valence-corrected chi connectivity index (χ3v) is 3.45. The Balaban J connectivity index is 1.87. The Bertz CT molecular complexity index is 319. The van der Waals surface area contributed by atoms with Crippen LogP contribution in [-0.2, 0) is 11.3 Å². The SMILES string of the molecule is COCCNCc1cnoc1C1CCCCC1. The third-order valence-electron chi connectivity index (χ3n) is 3.45. The molecule has 0 aromatic carbocycles. The number of hydrogen-bond acceptors (Lipinski definition) is 4. The predicted molar refractivity (Wildman–Crippen MR) is 65.9 cm³/mol. The van der Waals surface area contributed by atoms with Gasteiger partial charge in [0.2, 0.25) is 0 Å². The van der Waals surface area contributed by atoms with E-state index in [4.69, 9.17) is 9.26 Å². The van der Waals surface area contributed by atoms with Gasteiger partial charge in [0.05, 0.1) is 12.8 Å². The minimum Gasteiger partial charge on any atom is -0.383 e. The zero-order chi connectivity index (χ0) is 11.9. The first kappa shape index (κ1) is 12.6. The van der Waals surface area contributed by atoms with Crippen LogP contribution in [0.4, 0.5) is 0 Å². The smallest absolute Gasteiger partial charge is 0.144 e. The van der Waals surface area contributed by atoms with E-state index < -0.39 is 0 Å². The molecular formula is C13H22N2O2. The molecule has 0 bridgehead atoms. The lowest BCUT2D eigenvalue weighted by Crippen LogP contribution is -2.19. The standard InChI is InChI=1S/C13H22N2O2/c1-16-8-7-14-9-12-10-15-17-13(12)11-5-3-2-4-6-11/h10-11,14H,2-9H2,1H3. The molecule has 1 saturated carbocycles. The summed E-state index contributed by atoms with van der Waals surface area (Å²) in [4.78, 5) is 0. The Hall–Kier alpha value is -0.870. The zero-order valence-electron chi connectivity index (χ0n) is 10.6. The normalized spacial score (nSPS) is 17.5. The second-order valence-corrected chi connectivity index (χ2v) is 4.72. The molecule has 0 spiro atoms. The van der Waals surface area contributed by atoms with Gasteiger partial charge in [-0.15, -0.1) is 0 Å². The van der Waals surface area contributed by atoms with Gasteiger partial charge < -0.3 is 14.6 Å². The average Bonchev–Trinajstić information content (AvgIpc) is 2.84. The number of hydrogen-bond donors (Lipinski definition) is 1. The molecule has 0 saturated heterocycles. The molecule has 1 heterocycles. The lowest BCUT2D eigenvalue weighted by Gasteiger charge is -2.19. The van der Waals surface area contributed by atoms with Crippen molar-refractivity contribution < 1.29 is 9.26 Å². The summed E-state index contributed by atoms with van der Waals surface area (Å²) >= 11 is 0. The highest BCUT2D eigenvalue weighted by atomic mass is 16.5. The number of methoxy groups -OCH3 is 1. The largest absolute Gasteiger partial charge is 0.383 e. The number of nitrogens with zero attached hydrogens (tertiary/aromatic N) is 1. The highest BCUT2D eigenvalue weighted by Gasteiger charge is 2.22. The van der Waals surface area contributed by atoms with Crippen LogP contribution in [0, 0.1) is 0 Å². The van der Waals surface area contributed by atoms with Crippen molar-refractivity contribution in [3.8, 4) is 0 Å².